The molecule has 0 saturated carbocycles. The maximum Gasteiger partial charge on any atom is 0.341 e. The molecule has 1 aliphatic rings. The number of anilines is 1. The number of benzene rings is 2. The minimum absolute atomic E-state index is 0.0462. The molecule has 174 valence electrons. The zero-order valence-electron chi connectivity index (χ0n) is 18.0. The quantitative estimate of drug-likeness (QED) is 0.365. The molecule has 2 heterocycles. The van der Waals surface area contributed by atoms with Crippen molar-refractivity contribution in [2.75, 3.05) is 18.5 Å². The Morgan fingerprint density at radius 2 is 1.68 bits per heavy atom. The lowest BCUT2D eigenvalue weighted by molar-refractivity contribution is -0.118. The van der Waals surface area contributed by atoms with Crippen LogP contribution < -0.4 is 10.1 Å². The van der Waals surface area contributed by atoms with Gasteiger partial charge in [0.05, 0.1) is 34.9 Å². The number of halogens is 1. The summed E-state index contributed by atoms with van der Waals surface area (Å²) in [5, 5.41) is 3.24. The summed E-state index contributed by atoms with van der Waals surface area (Å²) in [7, 11) is 0. The van der Waals surface area contributed by atoms with Gasteiger partial charge < -0.3 is 14.8 Å². The highest BCUT2D eigenvalue weighted by Crippen LogP contribution is 2.32. The van der Waals surface area contributed by atoms with Crippen molar-refractivity contribution in [3.8, 4) is 5.75 Å². The number of imide groups is 1. The lowest BCUT2D eigenvalue weighted by atomic mass is 10.1. The van der Waals surface area contributed by atoms with E-state index in [1.54, 1.807) is 55.5 Å². The number of nitrogens with zero attached hydrogens (tertiary/aromatic N) is 1. The number of hydrogen-bond acceptors (Lipinski definition) is 7. The molecule has 1 aliphatic heterocycles. The van der Waals surface area contributed by atoms with E-state index in [0.717, 1.165) is 16.2 Å². The summed E-state index contributed by atoms with van der Waals surface area (Å²) >= 11 is 7.11. The first-order valence-electron chi connectivity index (χ1n) is 10.3. The van der Waals surface area contributed by atoms with Gasteiger partial charge in [0.15, 0.2) is 6.61 Å². The summed E-state index contributed by atoms with van der Waals surface area (Å²) in [4.78, 5) is 52.0. The second kappa shape index (κ2) is 10.1. The fourth-order valence-electron chi connectivity index (χ4n) is 3.38. The third-order valence-electron chi connectivity index (χ3n) is 4.92. The second-order valence-electron chi connectivity index (χ2n) is 7.19. The van der Waals surface area contributed by atoms with Gasteiger partial charge in [-0.3, -0.25) is 19.3 Å². The Hall–Kier alpha value is -3.69. The minimum atomic E-state index is -0.630. The van der Waals surface area contributed by atoms with Gasteiger partial charge >= 0.3 is 5.97 Å². The molecule has 2 aromatic carbocycles. The monoisotopic (exact) mass is 498 g/mol. The van der Waals surface area contributed by atoms with Crippen LogP contribution in [0.5, 0.6) is 5.75 Å². The summed E-state index contributed by atoms with van der Waals surface area (Å²) in [6.07, 6.45) is 0. The summed E-state index contributed by atoms with van der Waals surface area (Å²) in [5.74, 6) is -1.62. The molecule has 0 fully saturated rings. The van der Waals surface area contributed by atoms with Crippen LogP contribution >= 0.6 is 22.9 Å². The zero-order valence-corrected chi connectivity index (χ0v) is 19.6. The van der Waals surface area contributed by atoms with Crippen LogP contribution in [0.4, 0.5) is 5.00 Å². The first-order valence-corrected chi connectivity index (χ1v) is 11.5. The van der Waals surface area contributed by atoms with E-state index in [2.05, 4.69) is 5.32 Å². The third kappa shape index (κ3) is 4.80. The molecule has 8 nitrogen and oxygen atoms in total. The van der Waals surface area contributed by atoms with Gasteiger partial charge in [0, 0.05) is 4.88 Å². The lowest BCUT2D eigenvalue weighted by Gasteiger charge is -2.12. The van der Waals surface area contributed by atoms with Crippen LogP contribution in [0.25, 0.3) is 0 Å². The minimum Gasteiger partial charge on any atom is -0.482 e. The number of hydrogen-bond donors (Lipinski definition) is 1. The summed E-state index contributed by atoms with van der Waals surface area (Å²) in [6, 6.07) is 14.8. The third-order valence-corrected chi connectivity index (χ3v) is 6.27. The van der Waals surface area contributed by atoms with Crippen LogP contribution in [0.2, 0.25) is 5.02 Å². The van der Waals surface area contributed by atoms with E-state index < -0.39 is 23.7 Å². The van der Waals surface area contributed by atoms with Crippen LogP contribution in [0, 0.1) is 0 Å². The summed E-state index contributed by atoms with van der Waals surface area (Å²) in [5.41, 5.74) is 0.796. The standard InChI is InChI=1S/C24H19ClN2O6S/c1-2-32-24(31)17-11-14(12-27-22(29)15-7-3-4-8-16(15)23(27)30)34-21(17)26-20(28)13-33-19-10-6-5-9-18(19)25/h3-11H,2,12-13H2,1H3,(H,26,28). The summed E-state index contributed by atoms with van der Waals surface area (Å²) in [6.45, 7) is 1.43. The fraction of sp³-hybridized carbons (Fsp3) is 0.167. The molecular formula is C24H19ClN2O6S. The number of nitrogens with one attached hydrogen (secondary N) is 1. The van der Waals surface area contributed by atoms with Gasteiger partial charge in [-0.15, -0.1) is 11.3 Å². The average Bonchev–Trinajstić information content (AvgIpc) is 3.33. The van der Waals surface area contributed by atoms with Crippen LogP contribution in [-0.2, 0) is 16.1 Å². The molecule has 3 aromatic rings. The van der Waals surface area contributed by atoms with E-state index >= 15 is 0 Å². The van der Waals surface area contributed by atoms with E-state index in [0.29, 0.717) is 26.8 Å². The van der Waals surface area contributed by atoms with Gasteiger partial charge in [0.25, 0.3) is 17.7 Å². The Labute approximate surface area is 204 Å². The first-order chi connectivity index (χ1) is 16.4. The first kappa shape index (κ1) is 23.5. The highest BCUT2D eigenvalue weighted by atomic mass is 35.5. The summed E-state index contributed by atoms with van der Waals surface area (Å²) < 4.78 is 10.5. The molecule has 1 N–H and O–H groups in total. The van der Waals surface area contributed by atoms with E-state index in [1.807, 2.05) is 0 Å². The maximum atomic E-state index is 12.7. The Balaban J connectivity index is 1.51. The number of carbonyl (C=O) groups is 4. The van der Waals surface area contributed by atoms with Crippen LogP contribution in [0.3, 0.4) is 0 Å². The topological polar surface area (TPSA) is 102 Å². The zero-order chi connectivity index (χ0) is 24.2. The van der Waals surface area contributed by atoms with Gasteiger partial charge in [0.1, 0.15) is 10.8 Å². The molecule has 0 unspecified atom stereocenters. The molecule has 34 heavy (non-hydrogen) atoms. The Kier molecular flexibility index (Phi) is 6.95. The number of amides is 3. The van der Waals surface area contributed by atoms with Crippen molar-refractivity contribution in [2.24, 2.45) is 0 Å². The predicted molar refractivity (Wildman–Crippen MR) is 126 cm³/mol. The van der Waals surface area contributed by atoms with E-state index in [-0.39, 0.29) is 30.3 Å². The Bertz CT molecular complexity index is 1250. The second-order valence-corrected chi connectivity index (χ2v) is 8.73. The lowest BCUT2D eigenvalue weighted by Crippen LogP contribution is -2.28. The van der Waals surface area contributed by atoms with Crippen molar-refractivity contribution in [3.05, 3.63) is 81.2 Å². The number of esters is 1. The van der Waals surface area contributed by atoms with Gasteiger partial charge in [-0.2, -0.15) is 0 Å². The van der Waals surface area contributed by atoms with Crippen LogP contribution in [0.1, 0.15) is 42.9 Å². The SMILES string of the molecule is CCOC(=O)c1cc(CN2C(=O)c3ccccc3C2=O)sc1NC(=O)COc1ccccc1Cl. The van der Waals surface area contributed by atoms with Gasteiger partial charge in [-0.1, -0.05) is 35.9 Å². The number of ether oxygens (including phenoxy) is 2. The Morgan fingerprint density at radius 3 is 2.32 bits per heavy atom. The molecule has 3 amide bonds. The van der Waals surface area contributed by atoms with Crippen molar-refractivity contribution in [2.45, 2.75) is 13.5 Å². The van der Waals surface area contributed by atoms with Gasteiger partial charge in [-0.25, -0.2) is 4.79 Å². The average molecular weight is 499 g/mol. The van der Waals surface area contributed by atoms with Crippen molar-refractivity contribution < 1.29 is 28.7 Å². The molecule has 0 atom stereocenters. The fourth-order valence-corrected chi connectivity index (χ4v) is 4.62. The van der Waals surface area contributed by atoms with Crippen LogP contribution in [-0.4, -0.2) is 41.8 Å². The molecule has 0 saturated heterocycles. The number of fused-ring (bicyclic) bond motifs is 1. The smallest absolute Gasteiger partial charge is 0.341 e. The number of rotatable bonds is 8. The molecule has 0 bridgehead atoms. The normalized spacial score (nSPS) is 12.5. The van der Waals surface area contributed by atoms with Gasteiger partial charge in [-0.05, 0) is 37.3 Å². The van der Waals surface area contributed by atoms with Gasteiger partial charge in [0.2, 0.25) is 0 Å². The van der Waals surface area contributed by atoms with Crippen molar-refractivity contribution >= 4 is 51.6 Å². The van der Waals surface area contributed by atoms with Crippen molar-refractivity contribution in [1.29, 1.82) is 0 Å². The van der Waals surface area contributed by atoms with Crippen LogP contribution in [0.15, 0.2) is 54.6 Å². The highest BCUT2D eigenvalue weighted by Gasteiger charge is 2.35. The molecule has 0 aliphatic carbocycles. The Morgan fingerprint density at radius 1 is 1.03 bits per heavy atom. The molecule has 0 radical (unpaired) electrons. The largest absolute Gasteiger partial charge is 0.482 e. The van der Waals surface area contributed by atoms with E-state index in [4.69, 9.17) is 21.1 Å². The molecular weight excluding hydrogens is 480 g/mol. The molecule has 1 aromatic heterocycles. The van der Waals surface area contributed by atoms with E-state index in [9.17, 15) is 19.2 Å². The number of para-hydroxylation sites is 1. The maximum absolute atomic E-state index is 12.7. The highest BCUT2D eigenvalue weighted by molar-refractivity contribution is 7.16. The van der Waals surface area contributed by atoms with Crippen molar-refractivity contribution in [1.82, 2.24) is 4.90 Å². The molecule has 10 heteroatoms. The molecule has 4 rings (SSSR count). The van der Waals surface area contributed by atoms with E-state index in [1.165, 1.54) is 6.07 Å². The molecule has 0 spiro atoms. The number of thiophene rings is 1. The number of carbonyl (C=O) groups excluding carboxylic acids is 4. The van der Waals surface area contributed by atoms with Crippen molar-refractivity contribution in [3.63, 3.8) is 0 Å². The predicted octanol–water partition coefficient (Wildman–Crippen LogP) is 4.39.